The number of alkyl halides is 6. The van der Waals surface area contributed by atoms with Gasteiger partial charge in [0.25, 0.3) is 5.91 Å². The Kier molecular flexibility index (Phi) is 10.9. The zero-order valence-electron chi connectivity index (χ0n) is 22.6. The fourth-order valence-electron chi connectivity index (χ4n) is 3.41. The van der Waals surface area contributed by atoms with Crippen LogP contribution in [0.4, 0.5) is 26.3 Å². The molecule has 0 aliphatic rings. The Morgan fingerprint density at radius 1 is 0.844 bits per heavy atom. The van der Waals surface area contributed by atoms with Gasteiger partial charge in [-0.15, -0.1) is 0 Å². The molecule has 0 spiro atoms. The van der Waals surface area contributed by atoms with Crippen LogP contribution in [-0.2, 0) is 16.0 Å². The average Bonchev–Trinajstić information content (AvgIpc) is 3.63. The number of nitrogens with zero attached hydrogens (tertiary/aromatic N) is 6. The standard InChI is InChI=1S/C23H19N7O.2C2HF3O2/c31-23(26-12-9-17-6-5-10-24-14-17)21-19-7-2-4-13-30(19)22(28-21)18-15-29(16-27-18)20-8-1-3-11-25-20;2*3-2(4,5)1(6)7/h1-8,10-11,13-16H,9,12H2,(H,26,31);2*(H,6,7). The maximum absolute atomic E-state index is 12.9. The Morgan fingerprint density at radius 2 is 1.51 bits per heavy atom. The van der Waals surface area contributed by atoms with E-state index in [1.165, 1.54) is 0 Å². The molecule has 0 fully saturated rings. The van der Waals surface area contributed by atoms with Crippen LogP contribution < -0.4 is 5.32 Å². The van der Waals surface area contributed by atoms with E-state index >= 15 is 0 Å². The first-order valence-corrected chi connectivity index (χ1v) is 12.4. The lowest BCUT2D eigenvalue weighted by molar-refractivity contribution is -0.193. The minimum absolute atomic E-state index is 0.219. The van der Waals surface area contributed by atoms with Crippen molar-refractivity contribution in [1.29, 1.82) is 0 Å². The second-order valence-corrected chi connectivity index (χ2v) is 8.57. The first kappa shape index (κ1) is 33.7. The van der Waals surface area contributed by atoms with Gasteiger partial charge < -0.3 is 15.5 Å². The number of fused-ring (bicyclic) bond motifs is 1. The van der Waals surface area contributed by atoms with Gasteiger partial charge in [-0.05, 0) is 42.3 Å². The summed E-state index contributed by atoms with van der Waals surface area (Å²) >= 11 is 0. The van der Waals surface area contributed by atoms with Crippen molar-refractivity contribution in [2.45, 2.75) is 18.8 Å². The predicted octanol–water partition coefficient (Wildman–Crippen LogP) is 4.22. The molecule has 45 heavy (non-hydrogen) atoms. The number of pyridine rings is 3. The minimum atomic E-state index is -5.08. The third-order valence-electron chi connectivity index (χ3n) is 5.40. The van der Waals surface area contributed by atoms with Crippen LogP contribution in [0.15, 0.2) is 85.8 Å². The Morgan fingerprint density at radius 3 is 2.09 bits per heavy atom. The summed E-state index contributed by atoms with van der Waals surface area (Å²) in [6, 6.07) is 15.2. The van der Waals surface area contributed by atoms with Gasteiger partial charge in [0.2, 0.25) is 0 Å². The topological polar surface area (TPSA) is 165 Å². The Labute approximate surface area is 248 Å². The molecule has 18 heteroatoms. The first-order chi connectivity index (χ1) is 21.2. The molecule has 5 heterocycles. The van der Waals surface area contributed by atoms with Crippen LogP contribution in [0.2, 0.25) is 0 Å². The zero-order valence-corrected chi connectivity index (χ0v) is 22.6. The van der Waals surface area contributed by atoms with Gasteiger partial charge in [-0.2, -0.15) is 26.3 Å². The lowest BCUT2D eigenvalue weighted by Gasteiger charge is -2.03. The number of imidazole rings is 2. The van der Waals surface area contributed by atoms with E-state index in [2.05, 4.69) is 25.3 Å². The number of carbonyl (C=O) groups excluding carboxylic acids is 1. The number of carboxylic acids is 2. The van der Waals surface area contributed by atoms with Gasteiger partial charge >= 0.3 is 24.3 Å². The summed E-state index contributed by atoms with van der Waals surface area (Å²) in [6.45, 7) is 0.500. The summed E-state index contributed by atoms with van der Waals surface area (Å²) in [5, 5.41) is 17.2. The van der Waals surface area contributed by atoms with Crippen molar-refractivity contribution in [1.82, 2.24) is 34.2 Å². The van der Waals surface area contributed by atoms with Gasteiger partial charge in [0.15, 0.2) is 11.5 Å². The summed E-state index contributed by atoms with van der Waals surface area (Å²) in [4.78, 5) is 48.2. The Bertz CT molecular complexity index is 1720. The highest BCUT2D eigenvalue weighted by atomic mass is 19.4. The number of amides is 1. The molecule has 0 aliphatic heterocycles. The van der Waals surface area contributed by atoms with E-state index in [9.17, 15) is 31.1 Å². The molecule has 3 N–H and O–H groups in total. The van der Waals surface area contributed by atoms with E-state index in [0.717, 1.165) is 16.9 Å². The number of hydrogen-bond acceptors (Lipinski definition) is 7. The van der Waals surface area contributed by atoms with Gasteiger partial charge in [-0.1, -0.05) is 18.2 Å². The molecule has 0 saturated carbocycles. The van der Waals surface area contributed by atoms with E-state index < -0.39 is 24.3 Å². The third-order valence-corrected chi connectivity index (χ3v) is 5.40. The highest BCUT2D eigenvalue weighted by Gasteiger charge is 2.38. The number of carbonyl (C=O) groups is 3. The Hall–Kier alpha value is -5.81. The molecule has 0 bridgehead atoms. The molecule has 0 radical (unpaired) electrons. The fraction of sp³-hybridized carbons (Fsp3) is 0.148. The summed E-state index contributed by atoms with van der Waals surface area (Å²) < 4.78 is 67.2. The van der Waals surface area contributed by atoms with E-state index in [0.29, 0.717) is 30.2 Å². The van der Waals surface area contributed by atoms with Crippen LogP contribution in [0.25, 0.3) is 22.9 Å². The number of rotatable bonds is 6. The van der Waals surface area contributed by atoms with Gasteiger partial charge in [-0.3, -0.25) is 18.7 Å². The van der Waals surface area contributed by atoms with Gasteiger partial charge in [0.05, 0.1) is 5.52 Å². The molecular formula is C27H21F6N7O5. The molecule has 0 atom stereocenters. The van der Waals surface area contributed by atoms with Crippen molar-refractivity contribution in [2.24, 2.45) is 0 Å². The van der Waals surface area contributed by atoms with Crippen molar-refractivity contribution in [3.05, 3.63) is 97.1 Å². The van der Waals surface area contributed by atoms with Crippen molar-refractivity contribution in [3.8, 4) is 17.3 Å². The van der Waals surface area contributed by atoms with Crippen LogP contribution in [0, 0.1) is 0 Å². The van der Waals surface area contributed by atoms with Gasteiger partial charge in [-0.25, -0.2) is 24.5 Å². The monoisotopic (exact) mass is 637 g/mol. The second-order valence-electron chi connectivity index (χ2n) is 8.57. The smallest absolute Gasteiger partial charge is 0.475 e. The van der Waals surface area contributed by atoms with Gasteiger partial charge in [0, 0.05) is 37.5 Å². The second kappa shape index (κ2) is 14.6. The number of nitrogens with one attached hydrogen (secondary N) is 1. The first-order valence-electron chi connectivity index (χ1n) is 12.4. The molecule has 5 aromatic rings. The lowest BCUT2D eigenvalue weighted by atomic mass is 10.2. The lowest BCUT2D eigenvalue weighted by Crippen LogP contribution is -2.26. The van der Waals surface area contributed by atoms with Crippen LogP contribution in [-0.4, -0.2) is 75.9 Å². The van der Waals surface area contributed by atoms with Crippen LogP contribution >= 0.6 is 0 Å². The van der Waals surface area contributed by atoms with Gasteiger partial charge in [0.1, 0.15) is 17.8 Å². The van der Waals surface area contributed by atoms with Crippen LogP contribution in [0.3, 0.4) is 0 Å². The molecule has 0 unspecified atom stereocenters. The Balaban J connectivity index is 0.000000331. The van der Waals surface area contributed by atoms with E-state index in [1.54, 1.807) is 24.9 Å². The zero-order chi connectivity index (χ0) is 33.2. The maximum atomic E-state index is 12.9. The van der Waals surface area contributed by atoms with Crippen molar-refractivity contribution >= 4 is 23.4 Å². The van der Waals surface area contributed by atoms with Crippen LogP contribution in [0.1, 0.15) is 16.1 Å². The molecule has 0 saturated heterocycles. The quantitative estimate of drug-likeness (QED) is 0.231. The van der Waals surface area contributed by atoms with E-state index in [1.807, 2.05) is 69.9 Å². The molecule has 5 aromatic heterocycles. The molecule has 236 valence electrons. The third kappa shape index (κ3) is 9.60. The normalized spacial score (nSPS) is 11.1. The average molecular weight is 637 g/mol. The SMILES string of the molecule is O=C(NCCc1cccnc1)c1nc(-c2cn(-c3ccccn3)cn2)n2ccccc12.O=C(O)C(F)(F)F.O=C(O)C(F)(F)F. The number of aromatic nitrogens is 6. The van der Waals surface area contributed by atoms with E-state index in [-0.39, 0.29) is 5.91 Å². The number of aliphatic carboxylic acids is 2. The summed E-state index contributed by atoms with van der Waals surface area (Å²) in [5.41, 5.74) is 2.82. The summed E-state index contributed by atoms with van der Waals surface area (Å²) in [6.07, 6.45) is 1.22. The largest absolute Gasteiger partial charge is 0.490 e. The molecule has 0 aromatic carbocycles. The molecular weight excluding hydrogens is 616 g/mol. The van der Waals surface area contributed by atoms with Crippen molar-refractivity contribution in [2.75, 3.05) is 6.54 Å². The number of hydrogen-bond donors (Lipinski definition) is 3. The van der Waals surface area contributed by atoms with E-state index in [4.69, 9.17) is 19.8 Å². The van der Waals surface area contributed by atoms with Crippen molar-refractivity contribution < 1.29 is 50.9 Å². The highest BCUT2D eigenvalue weighted by molar-refractivity contribution is 6.00. The molecule has 1 amide bonds. The maximum Gasteiger partial charge on any atom is 0.490 e. The fourth-order valence-corrected chi connectivity index (χ4v) is 3.41. The minimum Gasteiger partial charge on any atom is -0.475 e. The number of carboxylic acid groups (broad SMARTS) is 2. The number of halogens is 6. The summed E-state index contributed by atoms with van der Waals surface area (Å²) in [5.74, 6) is -4.37. The molecule has 5 rings (SSSR count). The molecule has 0 aliphatic carbocycles. The van der Waals surface area contributed by atoms with Crippen molar-refractivity contribution in [3.63, 3.8) is 0 Å². The highest BCUT2D eigenvalue weighted by Crippen LogP contribution is 2.22. The summed E-state index contributed by atoms with van der Waals surface area (Å²) in [7, 11) is 0. The van der Waals surface area contributed by atoms with Crippen LogP contribution in [0.5, 0.6) is 0 Å². The molecule has 12 nitrogen and oxygen atoms in total. The predicted molar refractivity (Wildman–Crippen MR) is 143 cm³/mol.